The maximum atomic E-state index is 13.6. The van der Waals surface area contributed by atoms with E-state index in [0.29, 0.717) is 24.0 Å². The fraction of sp³-hybridized carbons (Fsp3) is 0.304. The van der Waals surface area contributed by atoms with Crippen molar-refractivity contribution in [1.29, 1.82) is 0 Å². The quantitative estimate of drug-likeness (QED) is 0.617. The largest absolute Gasteiger partial charge is 0.484 e. The average Bonchev–Trinajstić information content (AvgIpc) is 2.77. The number of amidine groups is 1. The molecule has 0 spiro atoms. The first-order valence-electron chi connectivity index (χ1n) is 10.4. The van der Waals surface area contributed by atoms with Gasteiger partial charge in [0, 0.05) is 11.6 Å². The van der Waals surface area contributed by atoms with Crippen molar-refractivity contribution in [1.82, 2.24) is 0 Å². The van der Waals surface area contributed by atoms with Gasteiger partial charge in [0.2, 0.25) is 0 Å². The number of ketones is 2. The molecule has 2 aromatic carbocycles. The van der Waals surface area contributed by atoms with Crippen LogP contribution in [0.2, 0.25) is 0 Å². The van der Waals surface area contributed by atoms with E-state index in [4.69, 9.17) is 10.5 Å². The Balaban J connectivity index is 1.77. The fourth-order valence-electron chi connectivity index (χ4n) is 4.44. The number of carbonyl (C=O) groups is 3. The fourth-order valence-corrected chi connectivity index (χ4v) is 5.61. The molecule has 1 aliphatic heterocycles. The van der Waals surface area contributed by atoms with Crippen molar-refractivity contribution in [3.8, 4) is 5.75 Å². The number of carbonyl (C=O) groups excluding carboxylic acids is 3. The number of sulfonamides is 1. The Bertz CT molecular complexity index is 1320. The number of Topliss-reactive ketones (excluding diaryl/α,β-unsaturated/α-hetero) is 2. The van der Waals surface area contributed by atoms with Crippen LogP contribution in [0.1, 0.15) is 42.6 Å². The summed E-state index contributed by atoms with van der Waals surface area (Å²) >= 11 is 0. The van der Waals surface area contributed by atoms with Gasteiger partial charge in [0.05, 0.1) is 11.1 Å². The SMILES string of the molecule is CCCC1(C)C(=O)C(C2=NS(=O)(=O)c3cc(OCC(N)=O)ccc3N2)C(=O)c2ccccc21. The van der Waals surface area contributed by atoms with Gasteiger partial charge in [-0.15, -0.1) is 4.40 Å². The van der Waals surface area contributed by atoms with Crippen LogP contribution in [-0.2, 0) is 25.0 Å². The highest BCUT2D eigenvalue weighted by atomic mass is 32.2. The molecule has 172 valence electrons. The van der Waals surface area contributed by atoms with Gasteiger partial charge in [0.15, 0.2) is 18.2 Å². The Morgan fingerprint density at radius 3 is 2.64 bits per heavy atom. The molecule has 1 amide bonds. The average molecular weight is 470 g/mol. The lowest BCUT2D eigenvalue weighted by Gasteiger charge is -2.38. The normalized spacial score (nSPS) is 23.1. The zero-order valence-corrected chi connectivity index (χ0v) is 18.9. The number of benzene rings is 2. The molecule has 33 heavy (non-hydrogen) atoms. The number of fused-ring (bicyclic) bond motifs is 2. The maximum Gasteiger partial charge on any atom is 0.286 e. The first kappa shape index (κ1) is 22.7. The maximum absolute atomic E-state index is 13.6. The summed E-state index contributed by atoms with van der Waals surface area (Å²) < 4.78 is 34.9. The molecule has 9 nitrogen and oxygen atoms in total. The third-order valence-corrected chi connectivity index (χ3v) is 7.30. The minimum absolute atomic E-state index is 0.117. The lowest BCUT2D eigenvalue weighted by Crippen LogP contribution is -2.51. The number of nitrogens with two attached hydrogens (primary N) is 1. The van der Waals surface area contributed by atoms with E-state index in [1.807, 2.05) is 6.92 Å². The summed E-state index contributed by atoms with van der Waals surface area (Å²) in [5.74, 6) is -3.07. The summed E-state index contributed by atoms with van der Waals surface area (Å²) in [7, 11) is -4.25. The Morgan fingerprint density at radius 2 is 1.94 bits per heavy atom. The molecule has 1 aliphatic carbocycles. The number of nitrogens with one attached hydrogen (secondary N) is 1. The van der Waals surface area contributed by atoms with Crippen LogP contribution in [0.25, 0.3) is 0 Å². The molecule has 3 N–H and O–H groups in total. The van der Waals surface area contributed by atoms with Crippen LogP contribution in [0.15, 0.2) is 51.8 Å². The van der Waals surface area contributed by atoms with E-state index in [-0.39, 0.29) is 28.0 Å². The van der Waals surface area contributed by atoms with Gasteiger partial charge in [0.25, 0.3) is 15.9 Å². The van der Waals surface area contributed by atoms with Crippen LogP contribution in [0.3, 0.4) is 0 Å². The van der Waals surface area contributed by atoms with E-state index < -0.39 is 39.7 Å². The van der Waals surface area contributed by atoms with Crippen molar-refractivity contribution < 1.29 is 27.5 Å². The lowest BCUT2D eigenvalue weighted by atomic mass is 9.63. The van der Waals surface area contributed by atoms with Crippen LogP contribution in [0.4, 0.5) is 5.69 Å². The van der Waals surface area contributed by atoms with E-state index >= 15 is 0 Å². The molecular weight excluding hydrogens is 446 g/mol. The van der Waals surface area contributed by atoms with E-state index in [1.54, 1.807) is 31.2 Å². The highest BCUT2D eigenvalue weighted by Gasteiger charge is 2.51. The van der Waals surface area contributed by atoms with E-state index in [1.165, 1.54) is 18.2 Å². The molecule has 10 heteroatoms. The summed E-state index contributed by atoms with van der Waals surface area (Å²) in [6.45, 7) is 3.31. The van der Waals surface area contributed by atoms with E-state index in [2.05, 4.69) is 9.71 Å². The van der Waals surface area contributed by atoms with Crippen LogP contribution < -0.4 is 15.8 Å². The molecule has 1 heterocycles. The van der Waals surface area contributed by atoms with E-state index in [9.17, 15) is 22.8 Å². The number of amides is 1. The molecule has 2 aromatic rings. The van der Waals surface area contributed by atoms with Crippen molar-refractivity contribution >= 4 is 39.0 Å². The van der Waals surface area contributed by atoms with Gasteiger partial charge in [0.1, 0.15) is 22.4 Å². The molecule has 2 aliphatic rings. The minimum Gasteiger partial charge on any atom is -0.484 e. The third kappa shape index (κ3) is 3.80. The molecular formula is C23H23N3O6S. The molecule has 2 atom stereocenters. The monoisotopic (exact) mass is 469 g/mol. The van der Waals surface area contributed by atoms with Crippen molar-refractivity contribution in [3.63, 3.8) is 0 Å². The highest BCUT2D eigenvalue weighted by Crippen LogP contribution is 2.42. The van der Waals surface area contributed by atoms with Crippen LogP contribution in [0, 0.1) is 5.92 Å². The van der Waals surface area contributed by atoms with Gasteiger partial charge in [-0.2, -0.15) is 8.42 Å². The molecule has 2 unspecified atom stereocenters. The minimum atomic E-state index is -4.25. The zero-order chi connectivity index (χ0) is 24.0. The molecule has 0 saturated carbocycles. The molecule has 0 saturated heterocycles. The van der Waals surface area contributed by atoms with Crippen molar-refractivity contribution in [2.24, 2.45) is 16.0 Å². The predicted octanol–water partition coefficient (Wildman–Crippen LogP) is 2.20. The number of nitrogens with zero attached hydrogens (tertiary/aromatic N) is 1. The number of primary amides is 1. The van der Waals surface area contributed by atoms with Gasteiger partial charge in [-0.1, -0.05) is 37.6 Å². The molecule has 0 radical (unpaired) electrons. The Kier molecular flexibility index (Phi) is 5.57. The van der Waals surface area contributed by atoms with Gasteiger partial charge in [-0.05, 0) is 31.0 Å². The second-order valence-corrected chi connectivity index (χ2v) is 9.85. The van der Waals surface area contributed by atoms with Crippen LogP contribution in [-0.4, -0.2) is 38.3 Å². The van der Waals surface area contributed by atoms with Gasteiger partial charge >= 0.3 is 0 Å². The predicted molar refractivity (Wildman–Crippen MR) is 121 cm³/mol. The van der Waals surface area contributed by atoms with Crippen molar-refractivity contribution in [3.05, 3.63) is 53.6 Å². The Morgan fingerprint density at radius 1 is 1.21 bits per heavy atom. The number of anilines is 1. The lowest BCUT2D eigenvalue weighted by molar-refractivity contribution is -0.125. The molecule has 4 rings (SSSR count). The smallest absolute Gasteiger partial charge is 0.286 e. The second-order valence-electron chi connectivity index (χ2n) is 8.28. The first-order valence-corrected chi connectivity index (χ1v) is 11.9. The molecule has 0 bridgehead atoms. The second kappa shape index (κ2) is 8.11. The van der Waals surface area contributed by atoms with Crippen molar-refractivity contribution in [2.45, 2.75) is 37.0 Å². The topological polar surface area (TPSA) is 145 Å². The third-order valence-electron chi connectivity index (χ3n) is 5.97. The number of hydrogen-bond acceptors (Lipinski definition) is 7. The Labute approximate surface area is 191 Å². The standard InChI is InChI=1S/C23H23N3O6S/c1-3-10-23(2)15-7-5-4-6-14(15)20(28)19(21(23)29)22-25-16-9-8-13(32-12-18(24)27)11-17(16)33(30,31)26-22/h4-9,11,19H,3,10,12H2,1-2H3,(H2,24,27)(H,25,26). The highest BCUT2D eigenvalue weighted by molar-refractivity contribution is 7.90. The summed E-state index contributed by atoms with van der Waals surface area (Å²) in [6, 6.07) is 11.0. The van der Waals surface area contributed by atoms with Gasteiger partial charge < -0.3 is 15.8 Å². The summed E-state index contributed by atoms with van der Waals surface area (Å²) in [6.07, 6.45) is 1.20. The summed E-state index contributed by atoms with van der Waals surface area (Å²) in [5, 5.41) is 2.87. The van der Waals surface area contributed by atoms with Gasteiger partial charge in [-0.3, -0.25) is 14.4 Å². The van der Waals surface area contributed by atoms with Crippen molar-refractivity contribution in [2.75, 3.05) is 11.9 Å². The molecule has 0 fully saturated rings. The summed E-state index contributed by atoms with van der Waals surface area (Å²) in [5.41, 5.74) is 5.29. The zero-order valence-electron chi connectivity index (χ0n) is 18.1. The van der Waals surface area contributed by atoms with E-state index in [0.717, 1.165) is 0 Å². The first-order chi connectivity index (χ1) is 15.6. The summed E-state index contributed by atoms with van der Waals surface area (Å²) in [4.78, 5) is 37.7. The number of ether oxygens (including phenoxy) is 1. The van der Waals surface area contributed by atoms with Gasteiger partial charge in [-0.25, -0.2) is 0 Å². The Hall–Kier alpha value is -3.53. The molecule has 0 aromatic heterocycles. The number of hydrogen-bond donors (Lipinski definition) is 2. The number of rotatable bonds is 6. The van der Waals surface area contributed by atoms with Crippen LogP contribution >= 0.6 is 0 Å². The van der Waals surface area contributed by atoms with Crippen LogP contribution in [0.5, 0.6) is 5.75 Å².